The van der Waals surface area contributed by atoms with Gasteiger partial charge < -0.3 is 10.5 Å². The Morgan fingerprint density at radius 3 is 2.00 bits per heavy atom. The first-order valence-corrected chi connectivity index (χ1v) is 4.89. The molecule has 0 aliphatic carbocycles. The van der Waals surface area contributed by atoms with E-state index in [9.17, 15) is 13.2 Å². The van der Waals surface area contributed by atoms with Crippen LogP contribution in [0.3, 0.4) is 0 Å². The van der Waals surface area contributed by atoms with Crippen molar-refractivity contribution in [1.82, 2.24) is 0 Å². The van der Waals surface area contributed by atoms with Crippen molar-refractivity contribution in [1.29, 1.82) is 0 Å². The molecule has 0 spiro atoms. The van der Waals surface area contributed by atoms with Gasteiger partial charge in [0.2, 0.25) is 0 Å². The maximum Gasteiger partial charge on any atom is 0.407 e. The molecule has 0 saturated heterocycles. The van der Waals surface area contributed by atoms with Gasteiger partial charge in [-0.1, -0.05) is 12.1 Å². The first kappa shape index (κ1) is 12.8. The van der Waals surface area contributed by atoms with Gasteiger partial charge in [-0.05, 0) is 31.5 Å². The Bertz CT molecular complexity index is 332. The zero-order valence-electron chi connectivity index (χ0n) is 9.08. The molecule has 0 saturated carbocycles. The molecule has 16 heavy (non-hydrogen) atoms. The molecule has 0 radical (unpaired) electrons. The number of benzene rings is 1. The molecule has 1 atom stereocenters. The van der Waals surface area contributed by atoms with Gasteiger partial charge in [-0.3, -0.25) is 0 Å². The number of hydrogen-bond acceptors (Lipinski definition) is 2. The van der Waals surface area contributed by atoms with Crippen LogP contribution >= 0.6 is 0 Å². The van der Waals surface area contributed by atoms with Crippen LogP contribution in [0.2, 0.25) is 0 Å². The molecule has 90 valence electrons. The monoisotopic (exact) mass is 233 g/mol. The molecule has 0 heterocycles. The number of halogens is 3. The van der Waals surface area contributed by atoms with Crippen LogP contribution in [0.5, 0.6) is 5.75 Å². The minimum absolute atomic E-state index is 0.0119. The van der Waals surface area contributed by atoms with E-state index in [1.54, 1.807) is 0 Å². The lowest BCUT2D eigenvalue weighted by molar-refractivity contribution is -0.149. The molecular weight excluding hydrogens is 219 g/mol. The summed E-state index contributed by atoms with van der Waals surface area (Å²) in [6.07, 6.45) is -4.43. The standard InChI is InChI=1S/C11H14F3NO/c1-7(2)16-9-5-3-8(4-6-9)10(15)11(12,13)14/h3-7,10H,15H2,1-2H3/t10-/m0/s1. The van der Waals surface area contributed by atoms with Gasteiger partial charge in [0.05, 0.1) is 6.10 Å². The summed E-state index contributed by atoms with van der Waals surface area (Å²) in [4.78, 5) is 0. The minimum Gasteiger partial charge on any atom is -0.491 e. The summed E-state index contributed by atoms with van der Waals surface area (Å²) in [7, 11) is 0. The van der Waals surface area contributed by atoms with Crippen LogP contribution in [0.4, 0.5) is 13.2 Å². The van der Waals surface area contributed by atoms with Gasteiger partial charge in [0.25, 0.3) is 0 Å². The summed E-state index contributed by atoms with van der Waals surface area (Å²) < 4.78 is 42.2. The van der Waals surface area contributed by atoms with Gasteiger partial charge in [-0.25, -0.2) is 0 Å². The molecular formula is C11H14F3NO. The predicted octanol–water partition coefficient (Wildman–Crippen LogP) is 3.04. The zero-order chi connectivity index (χ0) is 12.3. The highest BCUT2D eigenvalue weighted by Gasteiger charge is 2.37. The number of nitrogens with two attached hydrogens (primary N) is 1. The molecule has 1 aromatic rings. The van der Waals surface area contributed by atoms with Crippen LogP contribution in [0, 0.1) is 0 Å². The van der Waals surface area contributed by atoms with Crippen LogP contribution in [0.1, 0.15) is 25.5 Å². The van der Waals surface area contributed by atoms with Crippen molar-refractivity contribution in [2.75, 3.05) is 0 Å². The summed E-state index contributed by atoms with van der Waals surface area (Å²) >= 11 is 0. The molecule has 1 rings (SSSR count). The Kier molecular flexibility index (Phi) is 3.80. The molecule has 0 aliphatic heterocycles. The lowest BCUT2D eigenvalue weighted by Gasteiger charge is -2.16. The maximum atomic E-state index is 12.3. The van der Waals surface area contributed by atoms with Gasteiger partial charge in [0, 0.05) is 0 Å². The predicted molar refractivity (Wildman–Crippen MR) is 55.2 cm³/mol. The maximum absolute atomic E-state index is 12.3. The molecule has 0 bridgehead atoms. The van der Waals surface area contributed by atoms with E-state index >= 15 is 0 Å². The number of alkyl halides is 3. The molecule has 2 N–H and O–H groups in total. The Morgan fingerprint density at radius 1 is 1.12 bits per heavy atom. The Labute approximate surface area is 92.2 Å². The Balaban J connectivity index is 2.79. The van der Waals surface area contributed by atoms with Crippen molar-refractivity contribution < 1.29 is 17.9 Å². The number of hydrogen-bond donors (Lipinski definition) is 1. The zero-order valence-corrected chi connectivity index (χ0v) is 9.08. The van der Waals surface area contributed by atoms with Crippen molar-refractivity contribution in [2.24, 2.45) is 5.73 Å². The quantitative estimate of drug-likeness (QED) is 0.870. The molecule has 5 heteroatoms. The second-order valence-corrected chi connectivity index (χ2v) is 3.75. The minimum atomic E-state index is -4.42. The van der Waals surface area contributed by atoms with Crippen molar-refractivity contribution in [3.05, 3.63) is 29.8 Å². The summed E-state index contributed by atoms with van der Waals surface area (Å²) in [5.41, 5.74) is 5.09. The Hall–Kier alpha value is -1.23. The lowest BCUT2D eigenvalue weighted by Crippen LogP contribution is -2.28. The van der Waals surface area contributed by atoms with Crippen molar-refractivity contribution in [2.45, 2.75) is 32.2 Å². The van der Waals surface area contributed by atoms with E-state index in [-0.39, 0.29) is 11.7 Å². The topological polar surface area (TPSA) is 35.2 Å². The van der Waals surface area contributed by atoms with E-state index in [0.717, 1.165) is 0 Å². The Morgan fingerprint density at radius 2 is 1.62 bits per heavy atom. The molecule has 0 amide bonds. The highest BCUT2D eigenvalue weighted by molar-refractivity contribution is 5.29. The van der Waals surface area contributed by atoms with Crippen LogP contribution in [-0.2, 0) is 0 Å². The smallest absolute Gasteiger partial charge is 0.407 e. The average molecular weight is 233 g/mol. The van der Waals surface area contributed by atoms with E-state index in [4.69, 9.17) is 10.5 Å². The van der Waals surface area contributed by atoms with Gasteiger partial charge in [-0.15, -0.1) is 0 Å². The van der Waals surface area contributed by atoms with Crippen LogP contribution in [0.25, 0.3) is 0 Å². The van der Waals surface area contributed by atoms with E-state index < -0.39 is 12.2 Å². The summed E-state index contributed by atoms with van der Waals surface area (Å²) in [5, 5.41) is 0. The van der Waals surface area contributed by atoms with Gasteiger partial charge >= 0.3 is 6.18 Å². The number of ether oxygens (including phenoxy) is 1. The molecule has 0 unspecified atom stereocenters. The van der Waals surface area contributed by atoms with Crippen molar-refractivity contribution in [3.63, 3.8) is 0 Å². The van der Waals surface area contributed by atoms with Crippen LogP contribution in [-0.4, -0.2) is 12.3 Å². The lowest BCUT2D eigenvalue weighted by atomic mass is 10.1. The molecule has 0 aromatic heterocycles. The highest BCUT2D eigenvalue weighted by atomic mass is 19.4. The summed E-state index contributed by atoms with van der Waals surface area (Å²) in [6.45, 7) is 3.69. The van der Waals surface area contributed by atoms with E-state index in [2.05, 4.69) is 0 Å². The fourth-order valence-electron chi connectivity index (χ4n) is 1.21. The van der Waals surface area contributed by atoms with Gasteiger partial charge in [0.1, 0.15) is 11.8 Å². The second-order valence-electron chi connectivity index (χ2n) is 3.75. The largest absolute Gasteiger partial charge is 0.491 e. The third-order valence-corrected chi connectivity index (χ3v) is 1.96. The second kappa shape index (κ2) is 4.74. The molecule has 0 aliphatic rings. The first-order chi connectivity index (χ1) is 7.30. The van der Waals surface area contributed by atoms with Crippen molar-refractivity contribution >= 4 is 0 Å². The molecule has 1 aromatic carbocycles. The van der Waals surface area contributed by atoms with E-state index in [0.29, 0.717) is 5.75 Å². The summed E-state index contributed by atoms with van der Waals surface area (Å²) in [6, 6.07) is 3.69. The van der Waals surface area contributed by atoms with Crippen molar-refractivity contribution in [3.8, 4) is 5.75 Å². The van der Waals surface area contributed by atoms with E-state index in [1.165, 1.54) is 24.3 Å². The first-order valence-electron chi connectivity index (χ1n) is 4.89. The molecule has 0 fully saturated rings. The molecule has 2 nitrogen and oxygen atoms in total. The summed E-state index contributed by atoms with van der Waals surface area (Å²) in [5.74, 6) is 0.535. The fourth-order valence-corrected chi connectivity index (χ4v) is 1.21. The van der Waals surface area contributed by atoms with E-state index in [1.807, 2.05) is 13.8 Å². The third-order valence-electron chi connectivity index (χ3n) is 1.96. The third kappa shape index (κ3) is 3.41. The van der Waals surface area contributed by atoms with Crippen LogP contribution in [0.15, 0.2) is 24.3 Å². The normalized spacial score (nSPS) is 13.9. The van der Waals surface area contributed by atoms with Crippen LogP contribution < -0.4 is 10.5 Å². The fraction of sp³-hybridized carbons (Fsp3) is 0.455. The average Bonchev–Trinajstić information content (AvgIpc) is 2.15. The highest BCUT2D eigenvalue weighted by Crippen LogP contribution is 2.31. The van der Waals surface area contributed by atoms with Gasteiger partial charge in [-0.2, -0.15) is 13.2 Å². The van der Waals surface area contributed by atoms with Gasteiger partial charge in [0.15, 0.2) is 0 Å². The number of rotatable bonds is 3. The SMILES string of the molecule is CC(C)Oc1ccc([C@H](N)C(F)(F)F)cc1.